The van der Waals surface area contributed by atoms with Gasteiger partial charge in [0.05, 0.1) is 16.4 Å². The molecule has 60 valence electrons. The smallest absolute Gasteiger partial charge is 0.0881 e. The van der Waals surface area contributed by atoms with Crippen LogP contribution in [-0.4, -0.2) is 15.2 Å². The molecule has 0 saturated carbocycles. The molecule has 2 rings (SSSR count). The second kappa shape index (κ2) is 2.95. The third kappa shape index (κ3) is 1.31. The van der Waals surface area contributed by atoms with Crippen LogP contribution >= 0.6 is 11.6 Å². The Bertz CT molecular complexity index is 352. The van der Waals surface area contributed by atoms with Gasteiger partial charge in [0, 0.05) is 12.4 Å². The molecule has 0 fully saturated rings. The van der Waals surface area contributed by atoms with Crippen LogP contribution < -0.4 is 0 Å². The van der Waals surface area contributed by atoms with Gasteiger partial charge in [0.25, 0.3) is 0 Å². The van der Waals surface area contributed by atoms with E-state index in [0.717, 1.165) is 11.4 Å². The van der Waals surface area contributed by atoms with Crippen LogP contribution in [0.3, 0.4) is 0 Å². The minimum Gasteiger partial charge on any atom is -0.276 e. The van der Waals surface area contributed by atoms with Crippen molar-refractivity contribution < 1.29 is 0 Å². The number of aromatic nitrogens is 3. The number of halogens is 1. The molecule has 0 spiro atoms. The third-order valence-corrected chi connectivity index (χ3v) is 1.73. The van der Waals surface area contributed by atoms with Crippen LogP contribution in [0.1, 0.15) is 0 Å². The lowest BCUT2D eigenvalue weighted by Crippen LogP contribution is -1.81. The zero-order chi connectivity index (χ0) is 8.39. The van der Waals surface area contributed by atoms with E-state index >= 15 is 0 Å². The number of H-pyrrole nitrogens is 1. The first-order chi connectivity index (χ1) is 5.86. The minimum atomic E-state index is 0.637. The molecule has 0 aromatic carbocycles. The normalized spacial score (nSPS) is 10.1. The van der Waals surface area contributed by atoms with Crippen molar-refractivity contribution in [1.29, 1.82) is 0 Å². The van der Waals surface area contributed by atoms with Crippen LogP contribution in [0.25, 0.3) is 11.4 Å². The fourth-order valence-corrected chi connectivity index (χ4v) is 1.05. The molecule has 12 heavy (non-hydrogen) atoms. The monoisotopic (exact) mass is 179 g/mol. The average Bonchev–Trinajstić information content (AvgIpc) is 2.58. The van der Waals surface area contributed by atoms with E-state index in [1.54, 1.807) is 18.5 Å². The first-order valence-corrected chi connectivity index (χ1v) is 3.85. The van der Waals surface area contributed by atoms with E-state index < -0.39 is 0 Å². The Kier molecular flexibility index (Phi) is 1.80. The predicted octanol–water partition coefficient (Wildman–Crippen LogP) is 2.13. The fraction of sp³-hybridized carbons (Fsp3) is 0. The molecule has 2 aromatic rings. The Labute approximate surface area is 74.4 Å². The van der Waals surface area contributed by atoms with Gasteiger partial charge >= 0.3 is 0 Å². The van der Waals surface area contributed by atoms with Gasteiger partial charge in [-0.2, -0.15) is 5.10 Å². The highest BCUT2D eigenvalue weighted by Crippen LogP contribution is 2.14. The predicted molar refractivity (Wildman–Crippen MR) is 46.8 cm³/mol. The van der Waals surface area contributed by atoms with E-state index in [-0.39, 0.29) is 0 Å². The van der Waals surface area contributed by atoms with Gasteiger partial charge in [-0.3, -0.25) is 10.1 Å². The van der Waals surface area contributed by atoms with Crippen molar-refractivity contribution in [2.45, 2.75) is 0 Å². The zero-order valence-electron chi connectivity index (χ0n) is 6.16. The van der Waals surface area contributed by atoms with Crippen molar-refractivity contribution in [3.8, 4) is 11.4 Å². The van der Waals surface area contributed by atoms with Gasteiger partial charge in [-0.15, -0.1) is 0 Å². The highest BCUT2D eigenvalue weighted by molar-refractivity contribution is 6.30. The first kappa shape index (κ1) is 7.31. The topological polar surface area (TPSA) is 41.6 Å². The summed E-state index contributed by atoms with van der Waals surface area (Å²) in [5.41, 5.74) is 1.74. The van der Waals surface area contributed by atoms with Crippen LogP contribution in [0, 0.1) is 0 Å². The zero-order valence-corrected chi connectivity index (χ0v) is 6.92. The maximum atomic E-state index is 5.68. The second-order valence-corrected chi connectivity index (χ2v) is 2.77. The van der Waals surface area contributed by atoms with Gasteiger partial charge in [0.2, 0.25) is 0 Å². The lowest BCUT2D eigenvalue weighted by Gasteiger charge is -1.94. The summed E-state index contributed by atoms with van der Waals surface area (Å²) >= 11 is 5.68. The molecule has 0 radical (unpaired) electrons. The van der Waals surface area contributed by atoms with E-state index in [1.807, 2.05) is 12.1 Å². The Hall–Kier alpha value is -1.35. The lowest BCUT2D eigenvalue weighted by atomic mass is 10.3. The molecule has 2 heterocycles. The van der Waals surface area contributed by atoms with Crippen molar-refractivity contribution in [3.63, 3.8) is 0 Å². The quantitative estimate of drug-likeness (QED) is 0.729. The lowest BCUT2D eigenvalue weighted by molar-refractivity contribution is 1.09. The Balaban J connectivity index is 2.43. The molecule has 2 aromatic heterocycles. The minimum absolute atomic E-state index is 0.637. The van der Waals surface area contributed by atoms with Crippen LogP contribution in [0.4, 0.5) is 0 Å². The number of nitrogens with zero attached hydrogens (tertiary/aromatic N) is 2. The third-order valence-electron chi connectivity index (χ3n) is 1.50. The van der Waals surface area contributed by atoms with E-state index in [4.69, 9.17) is 11.6 Å². The molecule has 1 N–H and O–H groups in total. The van der Waals surface area contributed by atoms with E-state index in [1.165, 1.54) is 0 Å². The number of rotatable bonds is 1. The van der Waals surface area contributed by atoms with Crippen LogP contribution in [0.5, 0.6) is 0 Å². The van der Waals surface area contributed by atoms with Crippen LogP contribution in [-0.2, 0) is 0 Å². The Morgan fingerprint density at radius 2 is 2.17 bits per heavy atom. The summed E-state index contributed by atoms with van der Waals surface area (Å²) in [5, 5.41) is 7.28. The summed E-state index contributed by atoms with van der Waals surface area (Å²) in [7, 11) is 0. The molecule has 0 atom stereocenters. The number of pyridine rings is 1. The SMILES string of the molecule is Clc1ccc(-c2ccn[nH]2)nc1. The highest BCUT2D eigenvalue weighted by atomic mass is 35.5. The molecular formula is C8H6ClN3. The van der Waals surface area contributed by atoms with Crippen molar-refractivity contribution in [1.82, 2.24) is 15.2 Å². The summed E-state index contributed by atoms with van der Waals surface area (Å²) in [5.74, 6) is 0. The van der Waals surface area contributed by atoms with Gasteiger partial charge in [-0.25, -0.2) is 0 Å². The summed E-state index contributed by atoms with van der Waals surface area (Å²) < 4.78 is 0. The number of aromatic amines is 1. The molecule has 0 amide bonds. The van der Waals surface area contributed by atoms with E-state index in [9.17, 15) is 0 Å². The molecule has 3 nitrogen and oxygen atoms in total. The van der Waals surface area contributed by atoms with Crippen molar-refractivity contribution in [2.75, 3.05) is 0 Å². The maximum Gasteiger partial charge on any atom is 0.0881 e. The largest absolute Gasteiger partial charge is 0.276 e. The Morgan fingerprint density at radius 3 is 2.75 bits per heavy atom. The number of hydrogen-bond donors (Lipinski definition) is 1. The van der Waals surface area contributed by atoms with Gasteiger partial charge in [0.1, 0.15) is 0 Å². The van der Waals surface area contributed by atoms with Crippen molar-refractivity contribution in [2.24, 2.45) is 0 Å². The fourth-order valence-electron chi connectivity index (χ4n) is 0.934. The van der Waals surface area contributed by atoms with Gasteiger partial charge in [0.15, 0.2) is 0 Å². The summed E-state index contributed by atoms with van der Waals surface area (Å²) in [4.78, 5) is 4.12. The summed E-state index contributed by atoms with van der Waals surface area (Å²) in [6, 6.07) is 5.50. The molecular weight excluding hydrogens is 174 g/mol. The van der Waals surface area contributed by atoms with Crippen LogP contribution in [0.15, 0.2) is 30.6 Å². The molecule has 0 bridgehead atoms. The van der Waals surface area contributed by atoms with E-state index in [0.29, 0.717) is 5.02 Å². The summed E-state index contributed by atoms with van der Waals surface area (Å²) in [6.45, 7) is 0. The molecule has 0 aliphatic carbocycles. The molecule has 0 unspecified atom stereocenters. The standard InChI is InChI=1S/C8H6ClN3/c9-6-1-2-7(10-5-6)8-3-4-11-12-8/h1-5H,(H,11,12). The maximum absolute atomic E-state index is 5.68. The van der Waals surface area contributed by atoms with Crippen LogP contribution in [0.2, 0.25) is 5.02 Å². The Morgan fingerprint density at radius 1 is 1.25 bits per heavy atom. The summed E-state index contributed by atoms with van der Waals surface area (Å²) in [6.07, 6.45) is 3.29. The molecule has 0 saturated heterocycles. The molecule has 4 heteroatoms. The van der Waals surface area contributed by atoms with Gasteiger partial charge < -0.3 is 0 Å². The highest BCUT2D eigenvalue weighted by Gasteiger charge is 1.98. The first-order valence-electron chi connectivity index (χ1n) is 3.47. The van der Waals surface area contributed by atoms with Crippen molar-refractivity contribution >= 4 is 11.6 Å². The van der Waals surface area contributed by atoms with E-state index in [2.05, 4.69) is 15.2 Å². The number of nitrogens with one attached hydrogen (secondary N) is 1. The second-order valence-electron chi connectivity index (χ2n) is 2.33. The van der Waals surface area contributed by atoms with Crippen molar-refractivity contribution in [3.05, 3.63) is 35.6 Å². The molecule has 0 aliphatic rings. The van der Waals surface area contributed by atoms with Gasteiger partial charge in [-0.1, -0.05) is 11.6 Å². The number of hydrogen-bond acceptors (Lipinski definition) is 2. The molecule has 0 aliphatic heterocycles. The average molecular weight is 180 g/mol. The van der Waals surface area contributed by atoms with Gasteiger partial charge in [-0.05, 0) is 18.2 Å².